The minimum absolute atomic E-state index is 0.300. The Labute approximate surface area is 136 Å². The Bertz CT molecular complexity index is 717. The predicted molar refractivity (Wildman–Crippen MR) is 90.6 cm³/mol. The van der Waals surface area contributed by atoms with E-state index >= 15 is 0 Å². The zero-order chi connectivity index (χ0) is 16.1. The summed E-state index contributed by atoms with van der Waals surface area (Å²) in [6.45, 7) is 0.736. The summed E-state index contributed by atoms with van der Waals surface area (Å²) in [7, 11) is 1.41. The van der Waals surface area contributed by atoms with E-state index in [0.29, 0.717) is 5.56 Å². The number of rotatable bonds is 5. The van der Waals surface area contributed by atoms with Crippen molar-refractivity contribution in [3.05, 3.63) is 95.3 Å². The Balaban J connectivity index is 1.92. The second kappa shape index (κ2) is 6.97. The third kappa shape index (κ3) is 3.69. The minimum Gasteiger partial charge on any atom is -0.465 e. The van der Waals surface area contributed by atoms with E-state index in [1.165, 1.54) is 18.2 Å². The average Bonchev–Trinajstić information content (AvgIpc) is 2.98. The third-order valence-corrected chi connectivity index (χ3v) is 3.83. The van der Waals surface area contributed by atoms with Gasteiger partial charge in [0.15, 0.2) is 0 Å². The van der Waals surface area contributed by atoms with E-state index in [4.69, 9.17) is 4.74 Å². The molecule has 1 heterocycles. The van der Waals surface area contributed by atoms with Crippen molar-refractivity contribution in [3.8, 4) is 0 Å². The van der Waals surface area contributed by atoms with Crippen LogP contribution in [0.15, 0.2) is 72.9 Å². The fraction of sp³-hybridized carbons (Fsp3) is 0.150. The molecule has 0 aliphatic rings. The number of esters is 1. The van der Waals surface area contributed by atoms with Crippen molar-refractivity contribution in [2.75, 3.05) is 7.11 Å². The lowest BCUT2D eigenvalue weighted by atomic mass is 10.1. The summed E-state index contributed by atoms with van der Waals surface area (Å²) in [5, 5.41) is 0. The number of benzene rings is 2. The highest BCUT2D eigenvalue weighted by atomic mass is 16.5. The molecular formula is C20H19NO2. The summed E-state index contributed by atoms with van der Waals surface area (Å²) in [4.78, 5) is 11.8. The zero-order valence-electron chi connectivity index (χ0n) is 13.1. The van der Waals surface area contributed by atoms with Crippen LogP contribution in [0.2, 0.25) is 0 Å². The van der Waals surface area contributed by atoms with Gasteiger partial charge in [0.25, 0.3) is 0 Å². The molecule has 0 spiro atoms. The molecule has 0 saturated heterocycles. The number of aromatic nitrogens is 1. The fourth-order valence-electron chi connectivity index (χ4n) is 2.66. The number of hydrogen-bond acceptors (Lipinski definition) is 2. The SMILES string of the molecule is COC(=O)c1cc(Cc2ccccc2)n(Cc2ccccc2)c1. The molecular weight excluding hydrogens is 286 g/mol. The van der Waals surface area contributed by atoms with Crippen molar-refractivity contribution in [2.45, 2.75) is 13.0 Å². The fourth-order valence-corrected chi connectivity index (χ4v) is 2.66. The molecule has 0 N–H and O–H groups in total. The third-order valence-electron chi connectivity index (χ3n) is 3.83. The molecule has 0 fully saturated rings. The van der Waals surface area contributed by atoms with Crippen LogP contribution >= 0.6 is 0 Å². The van der Waals surface area contributed by atoms with E-state index in [-0.39, 0.29) is 5.97 Å². The van der Waals surface area contributed by atoms with Crippen molar-refractivity contribution < 1.29 is 9.53 Å². The summed E-state index contributed by atoms with van der Waals surface area (Å²) in [5.41, 5.74) is 4.11. The van der Waals surface area contributed by atoms with Crippen LogP contribution in [-0.4, -0.2) is 17.6 Å². The maximum Gasteiger partial charge on any atom is 0.339 e. The maximum absolute atomic E-state index is 11.8. The number of ether oxygens (including phenoxy) is 1. The van der Waals surface area contributed by atoms with Crippen LogP contribution in [0, 0.1) is 0 Å². The van der Waals surface area contributed by atoms with Crippen LogP contribution in [0.4, 0.5) is 0 Å². The van der Waals surface area contributed by atoms with E-state index in [1.807, 2.05) is 48.7 Å². The molecule has 0 aliphatic carbocycles. The molecule has 1 aromatic heterocycles. The van der Waals surface area contributed by atoms with Gasteiger partial charge in [0.1, 0.15) is 0 Å². The Morgan fingerprint density at radius 2 is 1.57 bits per heavy atom. The highest BCUT2D eigenvalue weighted by Crippen LogP contribution is 2.17. The van der Waals surface area contributed by atoms with Gasteiger partial charge in [-0.25, -0.2) is 4.79 Å². The zero-order valence-corrected chi connectivity index (χ0v) is 13.1. The van der Waals surface area contributed by atoms with Gasteiger partial charge in [-0.05, 0) is 17.2 Å². The molecule has 3 aromatic rings. The molecule has 0 atom stereocenters. The molecule has 0 radical (unpaired) electrons. The summed E-state index contributed by atoms with van der Waals surface area (Å²) < 4.78 is 6.97. The van der Waals surface area contributed by atoms with Gasteiger partial charge in [-0.3, -0.25) is 0 Å². The molecule has 116 valence electrons. The largest absolute Gasteiger partial charge is 0.465 e. The highest BCUT2D eigenvalue weighted by Gasteiger charge is 2.13. The normalized spacial score (nSPS) is 10.5. The second-order valence-electron chi connectivity index (χ2n) is 5.49. The summed E-state index contributed by atoms with van der Waals surface area (Å²) >= 11 is 0. The van der Waals surface area contributed by atoms with Crippen molar-refractivity contribution >= 4 is 5.97 Å². The number of carbonyl (C=O) groups is 1. The average molecular weight is 305 g/mol. The Hall–Kier alpha value is -2.81. The smallest absolute Gasteiger partial charge is 0.339 e. The molecule has 0 bridgehead atoms. The van der Waals surface area contributed by atoms with E-state index < -0.39 is 0 Å². The first kappa shape index (κ1) is 15.1. The molecule has 3 heteroatoms. The van der Waals surface area contributed by atoms with Crippen molar-refractivity contribution in [1.82, 2.24) is 4.57 Å². The van der Waals surface area contributed by atoms with Gasteiger partial charge in [-0.1, -0.05) is 60.7 Å². The molecule has 3 nitrogen and oxygen atoms in total. The van der Waals surface area contributed by atoms with Gasteiger partial charge < -0.3 is 9.30 Å². The lowest BCUT2D eigenvalue weighted by molar-refractivity contribution is 0.0600. The number of hydrogen-bond donors (Lipinski definition) is 0. The van der Waals surface area contributed by atoms with Gasteiger partial charge in [0, 0.05) is 24.9 Å². The molecule has 0 amide bonds. The van der Waals surface area contributed by atoms with Gasteiger partial charge in [0.05, 0.1) is 12.7 Å². The summed E-state index contributed by atoms with van der Waals surface area (Å²) in [6.07, 6.45) is 2.65. The standard InChI is InChI=1S/C20H19NO2/c1-23-20(22)18-13-19(12-16-8-4-2-5-9-16)21(15-18)14-17-10-6-3-7-11-17/h2-11,13,15H,12,14H2,1H3. The Morgan fingerprint density at radius 3 is 2.17 bits per heavy atom. The molecule has 23 heavy (non-hydrogen) atoms. The maximum atomic E-state index is 11.8. The second-order valence-corrected chi connectivity index (χ2v) is 5.49. The van der Waals surface area contributed by atoms with Crippen molar-refractivity contribution in [1.29, 1.82) is 0 Å². The van der Waals surface area contributed by atoms with Gasteiger partial charge in [0.2, 0.25) is 0 Å². The van der Waals surface area contributed by atoms with Crippen LogP contribution in [0.25, 0.3) is 0 Å². The van der Waals surface area contributed by atoms with Crippen LogP contribution in [-0.2, 0) is 17.7 Å². The predicted octanol–water partition coefficient (Wildman–Crippen LogP) is 3.91. The van der Waals surface area contributed by atoms with Crippen LogP contribution in [0.3, 0.4) is 0 Å². The van der Waals surface area contributed by atoms with Gasteiger partial charge >= 0.3 is 5.97 Å². The summed E-state index contributed by atoms with van der Waals surface area (Å²) in [5.74, 6) is -0.300. The van der Waals surface area contributed by atoms with Crippen molar-refractivity contribution in [2.24, 2.45) is 0 Å². The van der Waals surface area contributed by atoms with E-state index in [2.05, 4.69) is 28.8 Å². The van der Waals surface area contributed by atoms with Crippen LogP contribution in [0.1, 0.15) is 27.2 Å². The van der Waals surface area contributed by atoms with Crippen LogP contribution < -0.4 is 0 Å². The van der Waals surface area contributed by atoms with E-state index in [9.17, 15) is 4.79 Å². The first-order valence-electron chi connectivity index (χ1n) is 7.61. The molecule has 0 aliphatic heterocycles. The van der Waals surface area contributed by atoms with E-state index in [0.717, 1.165) is 18.7 Å². The molecule has 0 unspecified atom stereocenters. The molecule has 3 rings (SSSR count). The lowest BCUT2D eigenvalue weighted by Gasteiger charge is -2.09. The monoisotopic (exact) mass is 305 g/mol. The topological polar surface area (TPSA) is 31.2 Å². The summed E-state index contributed by atoms with van der Waals surface area (Å²) in [6, 6.07) is 22.4. The molecule has 2 aromatic carbocycles. The Morgan fingerprint density at radius 1 is 0.957 bits per heavy atom. The van der Waals surface area contributed by atoms with Crippen molar-refractivity contribution in [3.63, 3.8) is 0 Å². The number of carbonyl (C=O) groups excluding carboxylic acids is 1. The first-order chi connectivity index (χ1) is 11.3. The minimum atomic E-state index is -0.300. The van der Waals surface area contributed by atoms with Gasteiger partial charge in [-0.15, -0.1) is 0 Å². The first-order valence-corrected chi connectivity index (χ1v) is 7.61. The number of nitrogens with zero attached hydrogens (tertiary/aromatic N) is 1. The highest BCUT2D eigenvalue weighted by molar-refractivity contribution is 5.89. The molecule has 0 saturated carbocycles. The van der Waals surface area contributed by atoms with Gasteiger partial charge in [-0.2, -0.15) is 0 Å². The lowest BCUT2D eigenvalue weighted by Crippen LogP contribution is -2.04. The quantitative estimate of drug-likeness (QED) is 0.669. The van der Waals surface area contributed by atoms with Crippen LogP contribution in [0.5, 0.6) is 0 Å². The number of methoxy groups -OCH3 is 1. The van der Waals surface area contributed by atoms with E-state index in [1.54, 1.807) is 0 Å². The Kier molecular flexibility index (Phi) is 4.57.